The summed E-state index contributed by atoms with van der Waals surface area (Å²) in [6.07, 6.45) is -51.1. The van der Waals surface area contributed by atoms with Crippen LogP contribution >= 0.6 is 0 Å². The quantitative estimate of drug-likeness (QED) is 0.0658. The number of pyridine rings is 1. The number of carbonyl (C=O) groups is 1. The second kappa shape index (κ2) is 20.1. The van der Waals surface area contributed by atoms with Gasteiger partial charge in [0.2, 0.25) is 12.3 Å². The van der Waals surface area contributed by atoms with E-state index in [1.54, 1.807) is 31.4 Å². The van der Waals surface area contributed by atoms with Gasteiger partial charge in [-0.05, 0) is 48.5 Å². The predicted octanol–water partition coefficient (Wildman–Crippen LogP) is 13.1. The van der Waals surface area contributed by atoms with Gasteiger partial charge in [-0.25, -0.2) is 0 Å². The Morgan fingerprint density at radius 1 is 0.378 bits per heavy atom. The molecule has 1 heterocycles. The number of ether oxygens (including phenoxy) is 1. The molecule has 0 saturated heterocycles. The number of nitrogens with zero attached hydrogens (tertiary/aromatic N) is 1. The summed E-state index contributed by atoms with van der Waals surface area (Å²) in [5, 5.41) is 0. The Morgan fingerprint density at radius 3 is 0.811 bits per heavy atom. The fourth-order valence-electron chi connectivity index (χ4n) is 7.64. The number of rotatable bonds is 8. The van der Waals surface area contributed by atoms with Crippen LogP contribution in [0.5, 0.6) is 5.75 Å². The molecular weight excluding hydrogens is 1070 g/mol. The molecule has 0 unspecified atom stereocenters. The fraction of sp³-hybridized carbons (Fsp3) is 0.217. The third-order valence-electron chi connectivity index (χ3n) is 11.0. The molecule has 1 aromatic heterocycles. The van der Waals surface area contributed by atoms with E-state index < -0.39 is 195 Å². The summed E-state index contributed by atoms with van der Waals surface area (Å²) in [7, 11) is 1.61. The smallest absolute Gasteiger partial charge is 0.416 e. The molecule has 0 saturated carbocycles. The Labute approximate surface area is 399 Å². The van der Waals surface area contributed by atoms with Crippen molar-refractivity contribution < 1.29 is 119 Å². The molecule has 28 heteroatoms. The zero-order valence-electron chi connectivity index (χ0n) is 36.2. The summed E-state index contributed by atoms with van der Waals surface area (Å²) in [6.45, 7) is 0.354. The van der Waals surface area contributed by atoms with Gasteiger partial charge in [-0.1, -0.05) is 54.6 Å². The van der Waals surface area contributed by atoms with Crippen LogP contribution in [0.1, 0.15) is 54.9 Å². The lowest BCUT2D eigenvalue weighted by molar-refractivity contribution is -0.683. The molecular formula is C46H26BF24NO2. The Balaban J connectivity index is 0.000000500. The van der Waals surface area contributed by atoms with Crippen molar-refractivity contribution in [1.82, 2.24) is 0 Å². The van der Waals surface area contributed by atoms with Crippen LogP contribution in [0.2, 0.25) is 0 Å². The van der Waals surface area contributed by atoms with E-state index in [-0.39, 0.29) is 5.78 Å². The summed E-state index contributed by atoms with van der Waals surface area (Å²) in [4.78, 5) is 12.0. The molecule has 5 aromatic carbocycles. The highest BCUT2D eigenvalue weighted by Gasteiger charge is 2.47. The Morgan fingerprint density at radius 2 is 0.608 bits per heavy atom. The minimum atomic E-state index is -6.13. The first-order valence-corrected chi connectivity index (χ1v) is 20.0. The van der Waals surface area contributed by atoms with Crippen molar-refractivity contribution in [3.05, 3.63) is 178 Å². The van der Waals surface area contributed by atoms with Crippen LogP contribution in [-0.2, 0) is 56.0 Å². The van der Waals surface area contributed by atoms with E-state index in [4.69, 9.17) is 4.74 Å². The number of ketones is 1. The molecule has 398 valence electrons. The first kappa shape index (κ1) is 58.0. The summed E-state index contributed by atoms with van der Waals surface area (Å²) < 4.78 is 348. The van der Waals surface area contributed by atoms with Crippen molar-refractivity contribution in [2.24, 2.45) is 0 Å². The zero-order chi connectivity index (χ0) is 56.0. The third-order valence-corrected chi connectivity index (χ3v) is 11.0. The molecule has 0 N–H and O–H groups in total. The topological polar surface area (TPSA) is 30.2 Å². The Kier molecular flexibility index (Phi) is 15.7. The van der Waals surface area contributed by atoms with E-state index in [0.29, 0.717) is 12.1 Å². The van der Waals surface area contributed by atoms with Crippen molar-refractivity contribution in [1.29, 1.82) is 0 Å². The fourth-order valence-corrected chi connectivity index (χ4v) is 7.64. The number of hydrogen-bond donors (Lipinski definition) is 0. The van der Waals surface area contributed by atoms with Gasteiger partial charge in [0.1, 0.15) is 11.9 Å². The van der Waals surface area contributed by atoms with E-state index in [0.717, 1.165) is 5.75 Å². The van der Waals surface area contributed by atoms with E-state index in [1.807, 2.05) is 35.2 Å². The highest BCUT2D eigenvalue weighted by molar-refractivity contribution is 7.20. The SMILES string of the molecule is COc1ccc(C(=O)C[n+]2ccccc2)cc1.FC(F)(F)c1cc([B-](c2cc(C(F)(F)F)cc(C(F)(F)F)c2)(c2cc(C(F)(F)F)cc(C(F)(F)F)c2)c2cc(C(F)(F)F)cc(C(F)(F)F)c2)cc(C(F)(F)F)c1. The molecule has 74 heavy (non-hydrogen) atoms. The normalized spacial score (nSPS) is 13.3. The highest BCUT2D eigenvalue weighted by atomic mass is 19.4. The molecule has 0 atom stereocenters. The van der Waals surface area contributed by atoms with Crippen LogP contribution in [0.15, 0.2) is 128 Å². The lowest BCUT2D eigenvalue weighted by atomic mass is 9.12. The van der Waals surface area contributed by atoms with Gasteiger partial charge in [0, 0.05) is 17.7 Å². The van der Waals surface area contributed by atoms with E-state index in [1.165, 1.54) is 0 Å². The summed E-state index contributed by atoms with van der Waals surface area (Å²) >= 11 is 0. The molecule has 3 nitrogen and oxygen atoms in total. The van der Waals surface area contributed by atoms with Crippen LogP contribution in [-0.4, -0.2) is 19.0 Å². The maximum atomic E-state index is 14.2. The summed E-state index contributed by atoms with van der Waals surface area (Å²) in [5.41, 5.74) is -29.5. The molecule has 0 amide bonds. The van der Waals surface area contributed by atoms with Crippen molar-refractivity contribution in [3.63, 3.8) is 0 Å². The first-order valence-electron chi connectivity index (χ1n) is 20.0. The Bertz CT molecular complexity index is 2530. The van der Waals surface area contributed by atoms with Crippen molar-refractivity contribution >= 4 is 33.8 Å². The summed E-state index contributed by atoms with van der Waals surface area (Å²) in [5.74, 6) is 0.845. The van der Waals surface area contributed by atoms with Gasteiger partial charge in [-0.3, -0.25) is 4.79 Å². The predicted molar refractivity (Wildman–Crippen MR) is 214 cm³/mol. The molecule has 0 fully saturated rings. The second-order valence-electron chi connectivity index (χ2n) is 15.9. The number of hydrogen-bond acceptors (Lipinski definition) is 2. The maximum Gasteiger partial charge on any atom is 0.416 e. The van der Waals surface area contributed by atoms with Gasteiger partial charge >= 0.3 is 49.4 Å². The first-order chi connectivity index (χ1) is 33.6. The number of methoxy groups -OCH3 is 1. The van der Waals surface area contributed by atoms with Crippen LogP contribution in [0.4, 0.5) is 105 Å². The molecule has 0 aliphatic carbocycles. The largest absolute Gasteiger partial charge is 0.497 e. The van der Waals surface area contributed by atoms with Crippen molar-refractivity contribution in [3.8, 4) is 5.75 Å². The lowest BCUT2D eigenvalue weighted by Gasteiger charge is -2.46. The number of benzene rings is 5. The highest BCUT2D eigenvalue weighted by Crippen LogP contribution is 2.41. The molecule has 0 radical (unpaired) electrons. The molecule has 6 aromatic rings. The average molecular weight is 1090 g/mol. The zero-order valence-corrected chi connectivity index (χ0v) is 36.2. The standard InChI is InChI=1S/C32H12BF24.C14H14NO2/c34-25(35,36)13-1-14(26(37,38)39)6-21(5-13)33(22-7-15(27(40,41)42)2-16(8-22)28(43,44)45,23-9-17(29(46,47)48)3-18(10-23)30(49,50)51)24-11-19(31(52,53)54)4-20(12-24)32(55,56)57;1-17-13-7-5-12(6-8-13)14(16)11-15-9-3-2-4-10-15/h1-12H;2-10H,11H2,1H3/q-1;+1. The number of halogens is 24. The van der Waals surface area contributed by atoms with Gasteiger partial charge in [-0.2, -0.15) is 132 Å². The lowest BCUT2D eigenvalue weighted by Crippen LogP contribution is -2.75. The molecule has 0 spiro atoms. The van der Waals surface area contributed by atoms with E-state index in [2.05, 4.69) is 0 Å². The minimum Gasteiger partial charge on any atom is -0.497 e. The molecule has 6 rings (SSSR count). The maximum absolute atomic E-state index is 14.2. The average Bonchev–Trinajstić information content (AvgIpc) is 3.27. The molecule has 0 bridgehead atoms. The van der Waals surface area contributed by atoms with Gasteiger partial charge in [0.25, 0.3) is 0 Å². The molecule has 0 aliphatic heterocycles. The molecule has 0 aliphatic rings. The van der Waals surface area contributed by atoms with Crippen molar-refractivity contribution in [2.75, 3.05) is 7.11 Å². The minimum absolute atomic E-state index is 0.0869. The Hall–Kier alpha value is -6.90. The number of carbonyl (C=O) groups excluding carboxylic acids is 1. The second-order valence-corrected chi connectivity index (χ2v) is 15.9. The van der Waals surface area contributed by atoms with Crippen LogP contribution in [0.3, 0.4) is 0 Å². The van der Waals surface area contributed by atoms with Gasteiger partial charge in [0.15, 0.2) is 12.4 Å². The number of Topliss-reactive ketones (excluding diaryl/α,β-unsaturated/α-hetero) is 1. The van der Waals surface area contributed by atoms with Gasteiger partial charge in [0.05, 0.1) is 51.6 Å². The van der Waals surface area contributed by atoms with Crippen molar-refractivity contribution in [2.45, 2.75) is 56.0 Å². The van der Waals surface area contributed by atoms with Crippen LogP contribution < -0.4 is 31.2 Å². The third kappa shape index (κ3) is 13.4. The van der Waals surface area contributed by atoms with Gasteiger partial charge in [-0.15, -0.1) is 0 Å². The number of alkyl halides is 24. The van der Waals surface area contributed by atoms with Gasteiger partial charge < -0.3 is 4.74 Å². The monoisotopic (exact) mass is 1090 g/mol. The van der Waals surface area contributed by atoms with E-state index >= 15 is 0 Å². The van der Waals surface area contributed by atoms with Crippen LogP contribution in [0, 0.1) is 0 Å². The van der Waals surface area contributed by atoms with E-state index in [9.17, 15) is 110 Å². The number of aromatic nitrogens is 1. The van der Waals surface area contributed by atoms with Crippen LogP contribution in [0.25, 0.3) is 0 Å². The summed E-state index contributed by atoms with van der Waals surface area (Å²) in [6, 6.07) is 4.08.